The van der Waals surface area contributed by atoms with Crippen molar-refractivity contribution in [3.05, 3.63) is 99.4 Å². The summed E-state index contributed by atoms with van der Waals surface area (Å²) in [6, 6.07) is 25.2. The molecule has 6 rings (SSSR count). The second kappa shape index (κ2) is 4.46. The van der Waals surface area contributed by atoms with Crippen LogP contribution in [0.3, 0.4) is 0 Å². The standard InChI is InChI=1S/C24H14O/c25-24-19-12-4-8-15-7-3-11-18(22(15)19)23(24)20-13-16-9-1-5-14-6-2-10-17(20)21(14)16/h1-12H,13H2. The molecule has 0 aromatic heterocycles. The Morgan fingerprint density at radius 1 is 0.640 bits per heavy atom. The first-order chi connectivity index (χ1) is 12.3. The van der Waals surface area contributed by atoms with Crippen molar-refractivity contribution < 1.29 is 0 Å². The van der Waals surface area contributed by atoms with E-state index in [1.165, 1.54) is 27.5 Å². The van der Waals surface area contributed by atoms with Gasteiger partial charge in [0.1, 0.15) is 0 Å². The number of benzene rings is 4. The second-order valence-electron chi connectivity index (χ2n) is 6.89. The van der Waals surface area contributed by atoms with E-state index >= 15 is 0 Å². The molecule has 0 fully saturated rings. The fourth-order valence-electron chi connectivity index (χ4n) is 4.62. The number of rotatable bonds is 0. The van der Waals surface area contributed by atoms with Gasteiger partial charge in [0, 0.05) is 16.0 Å². The zero-order valence-corrected chi connectivity index (χ0v) is 13.5. The van der Waals surface area contributed by atoms with Crippen LogP contribution >= 0.6 is 0 Å². The lowest BCUT2D eigenvalue weighted by Crippen LogP contribution is -2.23. The summed E-state index contributed by atoms with van der Waals surface area (Å²) in [5, 5.41) is 7.66. The Morgan fingerprint density at radius 2 is 1.28 bits per heavy atom. The van der Waals surface area contributed by atoms with Crippen molar-refractivity contribution in [1.82, 2.24) is 0 Å². The molecule has 0 heterocycles. The molecule has 1 heteroatoms. The minimum absolute atomic E-state index is 0.173. The second-order valence-corrected chi connectivity index (χ2v) is 6.89. The molecule has 0 aliphatic heterocycles. The third-order valence-electron chi connectivity index (χ3n) is 5.63. The van der Waals surface area contributed by atoms with Crippen LogP contribution in [0.4, 0.5) is 0 Å². The van der Waals surface area contributed by atoms with Gasteiger partial charge in [0.25, 0.3) is 0 Å². The first-order valence-corrected chi connectivity index (χ1v) is 8.64. The Bertz CT molecular complexity index is 1420. The van der Waals surface area contributed by atoms with Crippen molar-refractivity contribution in [3.63, 3.8) is 0 Å². The third kappa shape index (κ3) is 1.56. The fraction of sp³-hybridized carbons (Fsp3) is 0.0417. The highest BCUT2D eigenvalue weighted by Crippen LogP contribution is 2.36. The average molecular weight is 318 g/mol. The molecule has 1 aliphatic carbocycles. The van der Waals surface area contributed by atoms with Crippen LogP contribution in [-0.4, -0.2) is 0 Å². The van der Waals surface area contributed by atoms with Gasteiger partial charge >= 0.3 is 0 Å². The van der Waals surface area contributed by atoms with Crippen LogP contribution in [0.2, 0.25) is 0 Å². The zero-order chi connectivity index (χ0) is 16.5. The maximum absolute atomic E-state index is 13.3. The van der Waals surface area contributed by atoms with Crippen LogP contribution in [0.25, 0.3) is 37.9 Å². The smallest absolute Gasteiger partial charge is 0.194 e. The molecule has 0 saturated heterocycles. The summed E-state index contributed by atoms with van der Waals surface area (Å²) in [4.78, 5) is 13.3. The average Bonchev–Trinajstić information content (AvgIpc) is 3.15. The Balaban J connectivity index is 1.90. The van der Waals surface area contributed by atoms with Gasteiger partial charge in [0.15, 0.2) is 5.43 Å². The van der Waals surface area contributed by atoms with Gasteiger partial charge < -0.3 is 0 Å². The van der Waals surface area contributed by atoms with Crippen molar-refractivity contribution >= 4 is 37.9 Å². The fourth-order valence-corrected chi connectivity index (χ4v) is 4.62. The summed E-state index contributed by atoms with van der Waals surface area (Å²) >= 11 is 0. The highest BCUT2D eigenvalue weighted by Gasteiger charge is 2.22. The predicted octanol–water partition coefficient (Wildman–Crippen LogP) is 4.42. The molecule has 0 spiro atoms. The molecule has 116 valence electrons. The number of hydrogen-bond acceptors (Lipinski definition) is 1. The summed E-state index contributed by atoms with van der Waals surface area (Å²) in [6.45, 7) is 0. The van der Waals surface area contributed by atoms with E-state index in [0.29, 0.717) is 0 Å². The van der Waals surface area contributed by atoms with Gasteiger partial charge in [-0.25, -0.2) is 0 Å². The van der Waals surface area contributed by atoms with Crippen LogP contribution in [0.5, 0.6) is 0 Å². The Labute approximate surface area is 144 Å². The molecule has 5 aromatic carbocycles. The van der Waals surface area contributed by atoms with Gasteiger partial charge in [-0.1, -0.05) is 72.8 Å². The molecule has 25 heavy (non-hydrogen) atoms. The van der Waals surface area contributed by atoms with Crippen LogP contribution < -0.4 is 10.6 Å². The topological polar surface area (TPSA) is 17.1 Å². The van der Waals surface area contributed by atoms with E-state index < -0.39 is 0 Å². The highest BCUT2D eigenvalue weighted by molar-refractivity contribution is 6.13. The normalized spacial score (nSPS) is 15.7. The van der Waals surface area contributed by atoms with E-state index in [-0.39, 0.29) is 5.43 Å². The quantitative estimate of drug-likeness (QED) is 0.413. The van der Waals surface area contributed by atoms with Crippen LogP contribution in [0.15, 0.2) is 77.6 Å². The third-order valence-corrected chi connectivity index (χ3v) is 5.63. The Kier molecular flexibility index (Phi) is 2.34. The van der Waals surface area contributed by atoms with Crippen LogP contribution in [0, 0.1) is 0 Å². The van der Waals surface area contributed by atoms with Crippen molar-refractivity contribution in [2.75, 3.05) is 0 Å². The van der Waals surface area contributed by atoms with Crippen LogP contribution in [0.1, 0.15) is 11.1 Å². The molecule has 0 radical (unpaired) electrons. The minimum atomic E-state index is 0.173. The predicted molar refractivity (Wildman–Crippen MR) is 104 cm³/mol. The van der Waals surface area contributed by atoms with Gasteiger partial charge in [-0.05, 0) is 44.7 Å². The zero-order valence-electron chi connectivity index (χ0n) is 13.5. The van der Waals surface area contributed by atoms with E-state index in [0.717, 1.165) is 33.2 Å². The Hall–Kier alpha value is -3.19. The molecular formula is C24H14O. The van der Waals surface area contributed by atoms with Gasteiger partial charge in [-0.3, -0.25) is 4.79 Å². The highest BCUT2D eigenvalue weighted by atomic mass is 16.1. The Morgan fingerprint density at radius 3 is 2.08 bits per heavy atom. The van der Waals surface area contributed by atoms with Gasteiger partial charge in [-0.2, -0.15) is 0 Å². The summed E-state index contributed by atoms with van der Waals surface area (Å²) < 4.78 is 0. The van der Waals surface area contributed by atoms with Crippen molar-refractivity contribution in [3.8, 4) is 0 Å². The van der Waals surface area contributed by atoms with E-state index in [1.807, 2.05) is 12.1 Å². The SMILES string of the molecule is O=c1c(=C2Cc3cccc4cccc2c34)c2cccc3cccc1c32. The number of hydrogen-bond donors (Lipinski definition) is 0. The lowest BCUT2D eigenvalue weighted by Gasteiger charge is -2.01. The van der Waals surface area contributed by atoms with Crippen molar-refractivity contribution in [1.29, 1.82) is 0 Å². The van der Waals surface area contributed by atoms with Gasteiger partial charge in [0.05, 0.1) is 0 Å². The minimum Gasteiger partial charge on any atom is -0.289 e. The first kappa shape index (κ1) is 13.1. The van der Waals surface area contributed by atoms with E-state index in [2.05, 4.69) is 60.7 Å². The van der Waals surface area contributed by atoms with Crippen molar-refractivity contribution in [2.24, 2.45) is 0 Å². The maximum atomic E-state index is 13.3. The maximum Gasteiger partial charge on any atom is 0.194 e. The van der Waals surface area contributed by atoms with Crippen LogP contribution in [-0.2, 0) is 6.42 Å². The molecule has 5 aromatic rings. The largest absolute Gasteiger partial charge is 0.289 e. The molecule has 0 atom stereocenters. The molecule has 0 N–H and O–H groups in total. The lowest BCUT2D eigenvalue weighted by atomic mass is 10.0. The molecule has 0 amide bonds. The van der Waals surface area contributed by atoms with E-state index in [9.17, 15) is 4.79 Å². The lowest BCUT2D eigenvalue weighted by molar-refractivity contribution is 1.35. The first-order valence-electron chi connectivity index (χ1n) is 8.64. The summed E-state index contributed by atoms with van der Waals surface area (Å²) in [5.41, 5.74) is 3.90. The molecule has 0 saturated carbocycles. The monoisotopic (exact) mass is 318 g/mol. The van der Waals surface area contributed by atoms with E-state index in [1.54, 1.807) is 0 Å². The summed E-state index contributed by atoms with van der Waals surface area (Å²) in [6.07, 6.45) is 0.835. The molecule has 1 nitrogen and oxygen atoms in total. The summed E-state index contributed by atoms with van der Waals surface area (Å²) in [7, 11) is 0. The molecular weight excluding hydrogens is 304 g/mol. The van der Waals surface area contributed by atoms with Crippen molar-refractivity contribution in [2.45, 2.75) is 6.42 Å². The van der Waals surface area contributed by atoms with Gasteiger partial charge in [0.2, 0.25) is 0 Å². The molecule has 1 aliphatic rings. The summed E-state index contributed by atoms with van der Waals surface area (Å²) in [5.74, 6) is 0. The molecule has 0 unspecified atom stereocenters. The van der Waals surface area contributed by atoms with E-state index in [4.69, 9.17) is 0 Å². The van der Waals surface area contributed by atoms with Gasteiger partial charge in [-0.15, -0.1) is 0 Å². The molecule has 0 bridgehead atoms.